The number of nitrogens with zero attached hydrogens (tertiary/aromatic N) is 3. The summed E-state index contributed by atoms with van der Waals surface area (Å²) in [7, 11) is 1.79. The van der Waals surface area contributed by atoms with Gasteiger partial charge < -0.3 is 4.90 Å². The fourth-order valence-corrected chi connectivity index (χ4v) is 2.58. The van der Waals surface area contributed by atoms with Crippen LogP contribution in [0.3, 0.4) is 0 Å². The number of amides is 1. The topological polar surface area (TPSA) is 38.1 Å². The molecule has 0 bridgehead atoms. The molecule has 2 heterocycles. The number of fused-ring (bicyclic) bond motifs is 1. The van der Waals surface area contributed by atoms with Crippen molar-refractivity contribution < 1.29 is 4.79 Å². The first-order valence-electron chi connectivity index (χ1n) is 6.08. The number of hydrogen-bond acceptors (Lipinski definition) is 2. The minimum atomic E-state index is 0.0208. The van der Waals surface area contributed by atoms with Crippen molar-refractivity contribution in [2.24, 2.45) is 7.05 Å². The molecule has 0 fully saturated rings. The zero-order valence-corrected chi connectivity index (χ0v) is 10.5. The second-order valence-corrected chi connectivity index (χ2v) is 4.70. The van der Waals surface area contributed by atoms with Crippen molar-refractivity contribution in [1.29, 1.82) is 0 Å². The van der Waals surface area contributed by atoms with Crippen LogP contribution in [0.2, 0.25) is 0 Å². The van der Waals surface area contributed by atoms with Gasteiger partial charge in [-0.25, -0.2) is 0 Å². The molecular formula is C14H15N3O. The van der Waals surface area contributed by atoms with E-state index in [1.807, 2.05) is 23.1 Å². The van der Waals surface area contributed by atoms with Gasteiger partial charge in [0.2, 0.25) is 0 Å². The highest BCUT2D eigenvalue weighted by atomic mass is 16.2. The van der Waals surface area contributed by atoms with E-state index in [0.29, 0.717) is 5.69 Å². The number of rotatable bonds is 1. The van der Waals surface area contributed by atoms with Crippen LogP contribution in [0.5, 0.6) is 0 Å². The van der Waals surface area contributed by atoms with Crippen LogP contribution < -0.4 is 4.90 Å². The van der Waals surface area contributed by atoms with E-state index < -0.39 is 0 Å². The summed E-state index contributed by atoms with van der Waals surface area (Å²) in [6.45, 7) is 2.08. The normalized spacial score (nSPS) is 17.9. The molecule has 1 aromatic carbocycles. The summed E-state index contributed by atoms with van der Waals surface area (Å²) in [5, 5.41) is 4.06. The Morgan fingerprint density at radius 2 is 2.11 bits per heavy atom. The molecule has 1 amide bonds. The predicted octanol–water partition coefficient (Wildman–Crippen LogP) is 2.01. The highest BCUT2D eigenvalue weighted by Crippen LogP contribution is 2.32. The van der Waals surface area contributed by atoms with E-state index in [1.165, 1.54) is 5.56 Å². The molecule has 92 valence electrons. The number of carbonyl (C=O) groups is 1. The molecule has 4 nitrogen and oxygen atoms in total. The van der Waals surface area contributed by atoms with E-state index in [1.54, 1.807) is 24.0 Å². The Balaban J connectivity index is 2.03. The molecule has 2 aromatic rings. The lowest BCUT2D eigenvalue weighted by molar-refractivity contribution is 0.0972. The van der Waals surface area contributed by atoms with Crippen LogP contribution >= 0.6 is 0 Å². The Bertz CT molecular complexity index is 603. The van der Waals surface area contributed by atoms with Crippen molar-refractivity contribution in [2.75, 3.05) is 4.90 Å². The van der Waals surface area contributed by atoms with Gasteiger partial charge in [0, 0.05) is 25.0 Å². The molecule has 0 aliphatic carbocycles. The van der Waals surface area contributed by atoms with Crippen molar-refractivity contribution in [1.82, 2.24) is 9.78 Å². The highest BCUT2D eigenvalue weighted by Gasteiger charge is 2.32. The summed E-state index contributed by atoms with van der Waals surface area (Å²) in [6, 6.07) is 10.0. The van der Waals surface area contributed by atoms with E-state index in [9.17, 15) is 4.79 Å². The maximum Gasteiger partial charge on any atom is 0.276 e. The first-order chi connectivity index (χ1) is 8.68. The predicted molar refractivity (Wildman–Crippen MR) is 69.6 cm³/mol. The van der Waals surface area contributed by atoms with E-state index in [-0.39, 0.29) is 11.9 Å². The van der Waals surface area contributed by atoms with E-state index in [2.05, 4.69) is 18.1 Å². The molecule has 1 atom stereocenters. The van der Waals surface area contributed by atoms with Crippen LogP contribution in [0.15, 0.2) is 36.5 Å². The van der Waals surface area contributed by atoms with Gasteiger partial charge in [0.15, 0.2) is 0 Å². The zero-order valence-electron chi connectivity index (χ0n) is 10.5. The molecule has 0 N–H and O–H groups in total. The summed E-state index contributed by atoms with van der Waals surface area (Å²) in [5.74, 6) is 0.0208. The monoisotopic (exact) mass is 241 g/mol. The van der Waals surface area contributed by atoms with Crippen molar-refractivity contribution in [3.05, 3.63) is 47.8 Å². The molecule has 1 unspecified atom stereocenters. The SMILES string of the molecule is CC1Cc2ccccc2N1C(=O)c1ccnn1C. The molecular weight excluding hydrogens is 226 g/mol. The number of carbonyl (C=O) groups excluding carboxylic acids is 1. The second-order valence-electron chi connectivity index (χ2n) is 4.70. The fourth-order valence-electron chi connectivity index (χ4n) is 2.58. The number of benzene rings is 1. The van der Waals surface area contributed by atoms with Crippen LogP contribution in [0.25, 0.3) is 0 Å². The van der Waals surface area contributed by atoms with Gasteiger partial charge in [-0.1, -0.05) is 18.2 Å². The molecule has 1 aromatic heterocycles. The Labute approximate surface area is 106 Å². The number of anilines is 1. The van der Waals surface area contributed by atoms with Crippen LogP contribution in [-0.2, 0) is 13.5 Å². The zero-order chi connectivity index (χ0) is 12.7. The summed E-state index contributed by atoms with van der Waals surface area (Å²) in [6.07, 6.45) is 2.57. The third-order valence-corrected chi connectivity index (χ3v) is 3.47. The maximum atomic E-state index is 12.6. The molecule has 3 rings (SSSR count). The van der Waals surface area contributed by atoms with Gasteiger partial charge in [-0.05, 0) is 31.0 Å². The van der Waals surface area contributed by atoms with E-state index >= 15 is 0 Å². The standard InChI is InChI=1S/C14H15N3O/c1-10-9-11-5-3-4-6-12(11)17(10)14(18)13-7-8-15-16(13)2/h3-8,10H,9H2,1-2H3. The van der Waals surface area contributed by atoms with Gasteiger partial charge in [0.1, 0.15) is 5.69 Å². The molecule has 0 radical (unpaired) electrons. The van der Waals surface area contributed by atoms with Crippen molar-refractivity contribution in [3.63, 3.8) is 0 Å². The average Bonchev–Trinajstić information content (AvgIpc) is 2.91. The lowest BCUT2D eigenvalue weighted by atomic mass is 10.1. The van der Waals surface area contributed by atoms with Gasteiger partial charge in [0.05, 0.1) is 0 Å². The number of para-hydroxylation sites is 1. The lowest BCUT2D eigenvalue weighted by Gasteiger charge is -2.22. The smallest absolute Gasteiger partial charge is 0.276 e. The van der Waals surface area contributed by atoms with Crippen LogP contribution in [0, 0.1) is 0 Å². The number of aromatic nitrogens is 2. The summed E-state index contributed by atoms with van der Waals surface area (Å²) in [4.78, 5) is 14.4. The quantitative estimate of drug-likeness (QED) is 0.766. The first-order valence-corrected chi connectivity index (χ1v) is 6.08. The Morgan fingerprint density at radius 3 is 2.83 bits per heavy atom. The van der Waals surface area contributed by atoms with Gasteiger partial charge >= 0.3 is 0 Å². The van der Waals surface area contributed by atoms with Crippen LogP contribution in [0.4, 0.5) is 5.69 Å². The maximum absolute atomic E-state index is 12.6. The Kier molecular flexibility index (Phi) is 2.44. The molecule has 0 saturated heterocycles. The summed E-state index contributed by atoms with van der Waals surface area (Å²) in [5.41, 5.74) is 2.88. The van der Waals surface area contributed by atoms with Gasteiger partial charge in [-0.3, -0.25) is 9.48 Å². The van der Waals surface area contributed by atoms with E-state index in [4.69, 9.17) is 0 Å². The third kappa shape index (κ3) is 1.53. The Morgan fingerprint density at radius 1 is 1.33 bits per heavy atom. The highest BCUT2D eigenvalue weighted by molar-refractivity contribution is 6.06. The summed E-state index contributed by atoms with van der Waals surface area (Å²) < 4.78 is 1.62. The number of hydrogen-bond donors (Lipinski definition) is 0. The minimum Gasteiger partial charge on any atom is -0.304 e. The van der Waals surface area contributed by atoms with Crippen molar-refractivity contribution >= 4 is 11.6 Å². The van der Waals surface area contributed by atoms with Gasteiger partial charge in [-0.2, -0.15) is 5.10 Å². The molecule has 18 heavy (non-hydrogen) atoms. The van der Waals surface area contributed by atoms with E-state index in [0.717, 1.165) is 12.1 Å². The van der Waals surface area contributed by atoms with Crippen molar-refractivity contribution in [3.8, 4) is 0 Å². The largest absolute Gasteiger partial charge is 0.304 e. The molecule has 1 aliphatic rings. The van der Waals surface area contributed by atoms with Crippen LogP contribution in [0.1, 0.15) is 23.0 Å². The molecule has 4 heteroatoms. The van der Waals surface area contributed by atoms with Crippen molar-refractivity contribution in [2.45, 2.75) is 19.4 Å². The van der Waals surface area contributed by atoms with Gasteiger partial charge in [0.25, 0.3) is 5.91 Å². The second kappa shape index (κ2) is 3.98. The number of aryl methyl sites for hydroxylation is 1. The summed E-state index contributed by atoms with van der Waals surface area (Å²) >= 11 is 0. The van der Waals surface area contributed by atoms with Gasteiger partial charge in [-0.15, -0.1) is 0 Å². The molecule has 0 spiro atoms. The third-order valence-electron chi connectivity index (χ3n) is 3.47. The molecule has 1 aliphatic heterocycles. The lowest BCUT2D eigenvalue weighted by Crippen LogP contribution is -2.36. The fraction of sp³-hybridized carbons (Fsp3) is 0.286. The van der Waals surface area contributed by atoms with Crippen LogP contribution in [-0.4, -0.2) is 21.7 Å². The first kappa shape index (κ1) is 11.0. The molecule has 0 saturated carbocycles. The minimum absolute atomic E-state index is 0.0208. The Hall–Kier alpha value is -2.10. The average molecular weight is 241 g/mol.